The number of carbonyl (C=O) groups excluding carboxylic acids is 1. The summed E-state index contributed by atoms with van der Waals surface area (Å²) in [4.78, 5) is 16.6. The number of anilines is 1. The van der Waals surface area contributed by atoms with Crippen LogP contribution in [0.25, 0.3) is 0 Å². The first-order valence-corrected chi connectivity index (χ1v) is 9.80. The van der Waals surface area contributed by atoms with Gasteiger partial charge in [-0.15, -0.1) is 0 Å². The van der Waals surface area contributed by atoms with Crippen LogP contribution in [0.15, 0.2) is 48.7 Å². The molecule has 1 aromatic carbocycles. The van der Waals surface area contributed by atoms with Crippen LogP contribution in [-0.2, 0) is 0 Å². The van der Waals surface area contributed by atoms with E-state index >= 15 is 0 Å². The van der Waals surface area contributed by atoms with Gasteiger partial charge in [-0.25, -0.2) is 0 Å². The summed E-state index contributed by atoms with van der Waals surface area (Å²) in [7, 11) is -1.58. The minimum Gasteiger partial charge on any atom is -0.321 e. The van der Waals surface area contributed by atoms with Gasteiger partial charge in [0.1, 0.15) is 5.69 Å². The molecule has 1 aromatic heterocycles. The Labute approximate surface area is 114 Å². The molecule has 0 aliphatic heterocycles. The molecule has 1 heterocycles. The van der Waals surface area contributed by atoms with Crippen molar-refractivity contribution in [3.63, 3.8) is 0 Å². The molecule has 1 N–H and O–H groups in total. The Morgan fingerprint density at radius 1 is 1.05 bits per heavy atom. The van der Waals surface area contributed by atoms with Crippen LogP contribution in [0.5, 0.6) is 0 Å². The molecule has 0 bridgehead atoms. The van der Waals surface area contributed by atoms with Crippen LogP contribution in [0.2, 0.25) is 19.6 Å². The van der Waals surface area contributed by atoms with E-state index in [2.05, 4.69) is 29.9 Å². The number of aromatic nitrogens is 1. The quantitative estimate of drug-likeness (QED) is 0.871. The first-order chi connectivity index (χ1) is 8.98. The summed E-state index contributed by atoms with van der Waals surface area (Å²) in [6.45, 7) is 6.63. The van der Waals surface area contributed by atoms with Crippen molar-refractivity contribution >= 4 is 24.9 Å². The van der Waals surface area contributed by atoms with Gasteiger partial charge in [-0.1, -0.05) is 43.9 Å². The van der Waals surface area contributed by atoms with Gasteiger partial charge in [0.2, 0.25) is 0 Å². The first-order valence-electron chi connectivity index (χ1n) is 6.30. The Kier molecular flexibility index (Phi) is 3.81. The highest BCUT2D eigenvalue weighted by molar-refractivity contribution is 6.89. The highest BCUT2D eigenvalue weighted by Crippen LogP contribution is 2.09. The molecule has 3 nitrogen and oxygen atoms in total. The molecule has 0 radical (unpaired) electrons. The summed E-state index contributed by atoms with van der Waals surface area (Å²) in [6.07, 6.45) is 1.67. The largest absolute Gasteiger partial charge is 0.321 e. The molecular weight excluding hydrogens is 252 g/mol. The van der Waals surface area contributed by atoms with Gasteiger partial charge in [0, 0.05) is 11.9 Å². The zero-order chi connectivity index (χ0) is 13.9. The number of para-hydroxylation sites is 1. The number of hydrogen-bond acceptors (Lipinski definition) is 2. The third-order valence-electron chi connectivity index (χ3n) is 2.86. The van der Waals surface area contributed by atoms with Crippen LogP contribution in [0.1, 0.15) is 10.5 Å². The van der Waals surface area contributed by atoms with E-state index in [1.165, 1.54) is 0 Å². The van der Waals surface area contributed by atoms with Crippen LogP contribution in [0, 0.1) is 0 Å². The molecule has 2 rings (SSSR count). The van der Waals surface area contributed by atoms with Crippen LogP contribution in [0.4, 0.5) is 5.69 Å². The van der Waals surface area contributed by atoms with Crippen LogP contribution in [-0.4, -0.2) is 19.0 Å². The van der Waals surface area contributed by atoms with Crippen molar-refractivity contribution in [2.75, 3.05) is 5.32 Å². The summed E-state index contributed by atoms with van der Waals surface area (Å²) in [5.41, 5.74) is 1.34. The average molecular weight is 270 g/mol. The average Bonchev–Trinajstić information content (AvgIpc) is 2.39. The fourth-order valence-corrected chi connectivity index (χ4v) is 3.39. The van der Waals surface area contributed by atoms with Crippen molar-refractivity contribution in [3.8, 4) is 0 Å². The second-order valence-electron chi connectivity index (χ2n) is 5.47. The molecule has 4 heteroatoms. The maximum Gasteiger partial charge on any atom is 0.274 e. The van der Waals surface area contributed by atoms with E-state index in [-0.39, 0.29) is 5.91 Å². The predicted molar refractivity (Wildman–Crippen MR) is 81.6 cm³/mol. The van der Waals surface area contributed by atoms with E-state index < -0.39 is 8.07 Å². The van der Waals surface area contributed by atoms with Crippen molar-refractivity contribution in [2.45, 2.75) is 19.6 Å². The molecule has 2 aromatic rings. The van der Waals surface area contributed by atoms with Gasteiger partial charge in [-0.2, -0.15) is 0 Å². The fraction of sp³-hybridized carbons (Fsp3) is 0.200. The summed E-state index contributed by atoms with van der Waals surface area (Å²) < 4.78 is 0. The fourth-order valence-electron chi connectivity index (χ4n) is 1.90. The number of carbonyl (C=O) groups is 1. The van der Waals surface area contributed by atoms with E-state index in [1.807, 2.05) is 42.5 Å². The molecule has 0 fully saturated rings. The van der Waals surface area contributed by atoms with Crippen LogP contribution >= 0.6 is 0 Å². The molecule has 0 atom stereocenters. The number of nitrogens with zero attached hydrogens (tertiary/aromatic N) is 1. The van der Waals surface area contributed by atoms with E-state index in [9.17, 15) is 4.79 Å². The van der Waals surface area contributed by atoms with Crippen LogP contribution < -0.4 is 10.5 Å². The summed E-state index contributed by atoms with van der Waals surface area (Å²) in [5.74, 6) is -0.135. The molecule has 0 saturated heterocycles. The lowest BCUT2D eigenvalue weighted by Gasteiger charge is -2.19. The number of pyridine rings is 1. The second-order valence-corrected chi connectivity index (χ2v) is 10.5. The zero-order valence-corrected chi connectivity index (χ0v) is 12.5. The summed E-state index contributed by atoms with van der Waals surface area (Å²) in [6, 6.07) is 13.4. The lowest BCUT2D eigenvalue weighted by molar-refractivity contribution is 0.102. The van der Waals surface area contributed by atoms with Gasteiger partial charge in [0.25, 0.3) is 5.91 Å². The third kappa shape index (κ3) is 3.29. The first kappa shape index (κ1) is 13.5. The molecule has 1 amide bonds. The molecule has 19 heavy (non-hydrogen) atoms. The summed E-state index contributed by atoms with van der Waals surface area (Å²) >= 11 is 0. The van der Waals surface area contributed by atoms with Gasteiger partial charge < -0.3 is 5.32 Å². The maximum absolute atomic E-state index is 12.3. The summed E-state index contributed by atoms with van der Waals surface area (Å²) in [5, 5.41) is 3.98. The lowest BCUT2D eigenvalue weighted by Crippen LogP contribution is -2.42. The van der Waals surface area contributed by atoms with Crippen molar-refractivity contribution in [3.05, 3.63) is 54.4 Å². The molecule has 0 aliphatic carbocycles. The molecular formula is C15H18N2OSi. The Hall–Kier alpha value is -1.94. The van der Waals surface area contributed by atoms with Gasteiger partial charge in [0.05, 0.1) is 8.07 Å². The molecule has 0 unspecified atom stereocenters. The van der Waals surface area contributed by atoms with E-state index in [0.29, 0.717) is 5.69 Å². The number of nitrogens with one attached hydrogen (secondary N) is 1. The Balaban J connectivity index is 2.30. The van der Waals surface area contributed by atoms with E-state index in [0.717, 1.165) is 10.9 Å². The highest BCUT2D eigenvalue weighted by Gasteiger charge is 2.24. The minimum absolute atomic E-state index is 0.135. The smallest absolute Gasteiger partial charge is 0.274 e. The van der Waals surface area contributed by atoms with Crippen LogP contribution in [0.3, 0.4) is 0 Å². The lowest BCUT2D eigenvalue weighted by atomic mass is 10.3. The Morgan fingerprint density at radius 2 is 1.74 bits per heavy atom. The van der Waals surface area contributed by atoms with Gasteiger partial charge in [0.15, 0.2) is 0 Å². The number of benzene rings is 1. The second kappa shape index (κ2) is 5.36. The maximum atomic E-state index is 12.3. The molecule has 98 valence electrons. The standard InChI is InChI=1S/C15H18N2OSi/c1-19(2,3)13-10-7-11-16-14(13)15(18)17-12-8-5-4-6-9-12/h4-11H,1-3H3,(H,17,18). The van der Waals surface area contributed by atoms with E-state index in [1.54, 1.807) is 6.20 Å². The molecule has 0 aliphatic rings. The Bertz CT molecular complexity index is 576. The Morgan fingerprint density at radius 3 is 2.37 bits per heavy atom. The monoisotopic (exact) mass is 270 g/mol. The van der Waals surface area contributed by atoms with Gasteiger partial charge in [-0.3, -0.25) is 9.78 Å². The third-order valence-corrected chi connectivity index (χ3v) is 4.88. The topological polar surface area (TPSA) is 42.0 Å². The minimum atomic E-state index is -1.58. The normalized spacial score (nSPS) is 11.1. The van der Waals surface area contributed by atoms with Gasteiger partial charge in [-0.05, 0) is 23.4 Å². The SMILES string of the molecule is C[Si](C)(C)c1cccnc1C(=O)Nc1ccccc1. The number of hydrogen-bond donors (Lipinski definition) is 1. The zero-order valence-electron chi connectivity index (χ0n) is 11.5. The molecule has 0 saturated carbocycles. The van der Waals surface area contributed by atoms with Crippen molar-refractivity contribution < 1.29 is 4.79 Å². The number of amides is 1. The van der Waals surface area contributed by atoms with Gasteiger partial charge >= 0.3 is 0 Å². The predicted octanol–water partition coefficient (Wildman–Crippen LogP) is 2.88. The van der Waals surface area contributed by atoms with Crippen molar-refractivity contribution in [2.24, 2.45) is 0 Å². The highest BCUT2D eigenvalue weighted by atomic mass is 28.3. The number of rotatable bonds is 3. The van der Waals surface area contributed by atoms with E-state index in [4.69, 9.17) is 0 Å². The molecule has 0 spiro atoms. The van der Waals surface area contributed by atoms with Crippen molar-refractivity contribution in [1.29, 1.82) is 0 Å². The van der Waals surface area contributed by atoms with Crippen molar-refractivity contribution in [1.82, 2.24) is 4.98 Å².